The highest BCUT2D eigenvalue weighted by Crippen LogP contribution is 2.12. The number of halogens is 3. The zero-order valence-electron chi connectivity index (χ0n) is 9.21. The van der Waals surface area contributed by atoms with Gasteiger partial charge in [0.1, 0.15) is 0 Å². The van der Waals surface area contributed by atoms with Gasteiger partial charge in [-0.2, -0.15) is 0 Å². The van der Waals surface area contributed by atoms with E-state index in [0.29, 0.717) is 0 Å². The molecule has 0 aliphatic carbocycles. The molecule has 0 aromatic heterocycles. The van der Waals surface area contributed by atoms with E-state index in [1.807, 2.05) is 13.1 Å². The second-order valence-corrected chi connectivity index (χ2v) is 4.45. The number of rotatable bonds is 2. The molecule has 0 aromatic rings. The summed E-state index contributed by atoms with van der Waals surface area (Å²) in [6.07, 6.45) is 3.77. The fraction of sp³-hybridized carbons (Fsp3) is 0.500. The first-order valence-corrected chi connectivity index (χ1v) is 5.94. The van der Waals surface area contributed by atoms with Gasteiger partial charge in [0, 0.05) is 12.1 Å². The molecule has 7 heteroatoms. The van der Waals surface area contributed by atoms with Crippen molar-refractivity contribution in [3.8, 4) is 0 Å². The highest BCUT2D eigenvalue weighted by Gasteiger charge is 2.10. The lowest BCUT2D eigenvalue weighted by Gasteiger charge is -2.09. The number of carbonyl (C=O) groups is 3. The zero-order chi connectivity index (χ0) is 13.4. The summed E-state index contributed by atoms with van der Waals surface area (Å²) in [6, 6.07) is 0. The monoisotopic (exact) mass is 299 g/mol. The molecule has 0 radical (unpaired) electrons. The molecule has 96 valence electrons. The van der Waals surface area contributed by atoms with Crippen LogP contribution in [0.4, 0.5) is 0 Å². The molecule has 0 spiro atoms. The van der Waals surface area contributed by atoms with Crippen LogP contribution in [-0.4, -0.2) is 40.8 Å². The molecule has 0 aromatic carbocycles. The van der Waals surface area contributed by atoms with Crippen molar-refractivity contribution in [1.82, 2.24) is 4.90 Å². The molecule has 1 rings (SSSR count). The standard InChI is InChI=1S/C8H12ClNO.C2Cl2O2/c1-10-5-2-3-7(4-6-10)8(9)11;3-1(5)2(4)6/h4H,2-3,5-6H2,1H3;. The van der Waals surface area contributed by atoms with Crippen LogP contribution in [0.15, 0.2) is 11.6 Å². The van der Waals surface area contributed by atoms with Gasteiger partial charge in [-0.05, 0) is 61.2 Å². The average molecular weight is 301 g/mol. The second-order valence-electron chi connectivity index (χ2n) is 3.42. The maximum Gasteiger partial charge on any atom is 0.304 e. The average Bonchev–Trinajstić information content (AvgIpc) is 2.43. The van der Waals surface area contributed by atoms with E-state index in [4.69, 9.17) is 11.6 Å². The summed E-state index contributed by atoms with van der Waals surface area (Å²) in [5, 5.41) is -2.58. The van der Waals surface area contributed by atoms with Crippen molar-refractivity contribution in [3.63, 3.8) is 0 Å². The fourth-order valence-electron chi connectivity index (χ4n) is 1.18. The van der Waals surface area contributed by atoms with Gasteiger partial charge in [-0.1, -0.05) is 6.08 Å². The van der Waals surface area contributed by atoms with Gasteiger partial charge in [0.25, 0.3) is 0 Å². The van der Waals surface area contributed by atoms with Gasteiger partial charge < -0.3 is 4.90 Å². The van der Waals surface area contributed by atoms with Crippen LogP contribution < -0.4 is 0 Å². The van der Waals surface area contributed by atoms with Gasteiger partial charge in [-0.25, -0.2) is 0 Å². The van der Waals surface area contributed by atoms with Crippen LogP contribution in [0.2, 0.25) is 0 Å². The third kappa shape index (κ3) is 8.32. The van der Waals surface area contributed by atoms with Crippen molar-refractivity contribution in [2.75, 3.05) is 20.1 Å². The summed E-state index contributed by atoms with van der Waals surface area (Å²) in [5.41, 5.74) is 0.774. The van der Waals surface area contributed by atoms with Crippen LogP contribution in [-0.2, 0) is 14.4 Å². The van der Waals surface area contributed by atoms with E-state index in [9.17, 15) is 14.4 Å². The Labute approximate surface area is 114 Å². The molecule has 0 atom stereocenters. The molecule has 0 fully saturated rings. The summed E-state index contributed by atoms with van der Waals surface area (Å²) in [5.74, 6) is 0. The van der Waals surface area contributed by atoms with Gasteiger partial charge in [-0.15, -0.1) is 0 Å². The van der Waals surface area contributed by atoms with Crippen LogP contribution in [0, 0.1) is 0 Å². The molecule has 0 bridgehead atoms. The maximum atomic E-state index is 10.7. The Hall–Kier alpha value is -0.420. The van der Waals surface area contributed by atoms with Gasteiger partial charge in [0.15, 0.2) is 0 Å². The Bertz CT molecular complexity index is 330. The summed E-state index contributed by atoms with van der Waals surface area (Å²) < 4.78 is 0. The number of hydrogen-bond donors (Lipinski definition) is 0. The van der Waals surface area contributed by atoms with E-state index in [2.05, 4.69) is 28.1 Å². The Morgan fingerprint density at radius 1 is 1.18 bits per heavy atom. The molecule has 0 N–H and O–H groups in total. The summed E-state index contributed by atoms with van der Waals surface area (Å²) >= 11 is 14.3. The van der Waals surface area contributed by atoms with Crippen LogP contribution in [0.3, 0.4) is 0 Å². The molecule has 1 aliphatic rings. The largest absolute Gasteiger partial charge is 0.304 e. The molecule has 4 nitrogen and oxygen atoms in total. The van der Waals surface area contributed by atoms with Gasteiger partial charge >= 0.3 is 10.5 Å². The minimum absolute atomic E-state index is 0.291. The first-order chi connectivity index (χ1) is 7.84. The lowest BCUT2D eigenvalue weighted by atomic mass is 10.2. The van der Waals surface area contributed by atoms with E-state index >= 15 is 0 Å². The van der Waals surface area contributed by atoms with Crippen LogP contribution in [0.25, 0.3) is 0 Å². The van der Waals surface area contributed by atoms with Crippen LogP contribution in [0.5, 0.6) is 0 Å². The smallest absolute Gasteiger partial charge is 0.303 e. The molecule has 0 amide bonds. The number of hydrogen-bond acceptors (Lipinski definition) is 4. The summed E-state index contributed by atoms with van der Waals surface area (Å²) in [6.45, 7) is 1.89. The molecule has 17 heavy (non-hydrogen) atoms. The van der Waals surface area contributed by atoms with Crippen molar-refractivity contribution < 1.29 is 14.4 Å². The fourth-order valence-corrected chi connectivity index (χ4v) is 1.35. The van der Waals surface area contributed by atoms with Crippen molar-refractivity contribution in [2.24, 2.45) is 0 Å². The number of likely N-dealkylation sites (N-methyl/N-ethyl adjacent to an activating group) is 1. The van der Waals surface area contributed by atoms with E-state index in [1.165, 1.54) is 0 Å². The molecular weight excluding hydrogens is 288 g/mol. The van der Waals surface area contributed by atoms with Crippen molar-refractivity contribution >= 4 is 50.5 Å². The minimum Gasteiger partial charge on any atom is -0.303 e. The molecule has 0 saturated carbocycles. The Morgan fingerprint density at radius 2 is 1.71 bits per heavy atom. The quantitative estimate of drug-likeness (QED) is 0.577. The topological polar surface area (TPSA) is 54.5 Å². The van der Waals surface area contributed by atoms with Gasteiger partial charge in [0.2, 0.25) is 5.24 Å². The van der Waals surface area contributed by atoms with Crippen molar-refractivity contribution in [1.29, 1.82) is 0 Å². The molecule has 0 saturated heterocycles. The Kier molecular flexibility index (Phi) is 8.43. The number of carbonyl (C=O) groups excluding carboxylic acids is 3. The predicted octanol–water partition coefficient (Wildman–Crippen LogP) is 1.92. The Balaban J connectivity index is 0.000000366. The minimum atomic E-state index is -1.14. The maximum absolute atomic E-state index is 10.7. The highest BCUT2D eigenvalue weighted by atomic mass is 35.5. The van der Waals surface area contributed by atoms with E-state index in [-0.39, 0.29) is 5.24 Å². The summed E-state index contributed by atoms with van der Waals surface area (Å²) in [4.78, 5) is 31.8. The predicted molar refractivity (Wildman–Crippen MR) is 67.4 cm³/mol. The lowest BCUT2D eigenvalue weighted by Crippen LogP contribution is -2.17. The zero-order valence-corrected chi connectivity index (χ0v) is 11.5. The van der Waals surface area contributed by atoms with Crippen LogP contribution >= 0.6 is 34.8 Å². The highest BCUT2D eigenvalue weighted by molar-refractivity contribution is 6.97. The van der Waals surface area contributed by atoms with E-state index in [0.717, 1.165) is 31.5 Å². The van der Waals surface area contributed by atoms with E-state index < -0.39 is 10.5 Å². The third-order valence-corrected chi connectivity index (χ3v) is 2.73. The first kappa shape index (κ1) is 16.6. The second kappa shape index (κ2) is 8.64. The SMILES string of the molecule is CN1CC=C(C(=O)Cl)CCC1.O=C(Cl)C(=O)Cl. The molecular formula is C10H12Cl3NO3. The van der Waals surface area contributed by atoms with Crippen molar-refractivity contribution in [2.45, 2.75) is 12.8 Å². The Morgan fingerprint density at radius 3 is 2.12 bits per heavy atom. The molecule has 1 heterocycles. The number of allylic oxidation sites excluding steroid dienone is 1. The molecule has 1 aliphatic heterocycles. The normalized spacial score (nSPS) is 16.1. The van der Waals surface area contributed by atoms with Crippen LogP contribution in [0.1, 0.15) is 12.8 Å². The van der Waals surface area contributed by atoms with Crippen molar-refractivity contribution in [3.05, 3.63) is 11.6 Å². The van der Waals surface area contributed by atoms with Gasteiger partial charge in [0.05, 0.1) is 0 Å². The lowest BCUT2D eigenvalue weighted by molar-refractivity contribution is -0.127. The first-order valence-electron chi connectivity index (χ1n) is 4.81. The molecule has 0 unspecified atom stereocenters. The van der Waals surface area contributed by atoms with Gasteiger partial charge in [-0.3, -0.25) is 14.4 Å². The van der Waals surface area contributed by atoms with E-state index in [1.54, 1.807) is 0 Å². The summed E-state index contributed by atoms with van der Waals surface area (Å²) in [7, 11) is 2.04. The third-order valence-electron chi connectivity index (χ3n) is 2.04. The number of nitrogens with zero attached hydrogens (tertiary/aromatic N) is 1.